The zero-order valence-electron chi connectivity index (χ0n) is 12.5. The molecule has 0 radical (unpaired) electrons. The molecule has 106 valence electrons. The lowest BCUT2D eigenvalue weighted by Crippen LogP contribution is -2.28. The first-order chi connectivity index (χ1) is 9.69. The van der Waals surface area contributed by atoms with Gasteiger partial charge in [-0.25, -0.2) is 0 Å². The van der Waals surface area contributed by atoms with Crippen LogP contribution in [0.5, 0.6) is 5.75 Å². The van der Waals surface area contributed by atoms with Crippen molar-refractivity contribution < 1.29 is 5.11 Å². The van der Waals surface area contributed by atoms with Crippen molar-refractivity contribution in [2.45, 2.75) is 33.2 Å². The molecule has 0 fully saturated rings. The molecule has 1 atom stereocenters. The van der Waals surface area contributed by atoms with Crippen LogP contribution in [0.2, 0.25) is 0 Å². The van der Waals surface area contributed by atoms with Crippen LogP contribution in [0.25, 0.3) is 0 Å². The van der Waals surface area contributed by atoms with Gasteiger partial charge in [0, 0.05) is 17.8 Å². The molecule has 1 N–H and O–H groups in total. The number of aromatic hydroxyl groups is 1. The largest absolute Gasteiger partial charge is 0.508 e. The molecular formula is C18H23NO. The number of hydrogen-bond donors (Lipinski definition) is 1. The average Bonchev–Trinajstić information content (AvgIpc) is 2.47. The van der Waals surface area contributed by atoms with Crippen LogP contribution in [0.3, 0.4) is 0 Å². The second kappa shape index (κ2) is 6.47. The van der Waals surface area contributed by atoms with Crippen molar-refractivity contribution in [3.8, 4) is 5.75 Å². The molecule has 1 unspecified atom stereocenters. The number of phenols is 1. The smallest absolute Gasteiger partial charge is 0.120 e. The first-order valence-corrected chi connectivity index (χ1v) is 7.29. The summed E-state index contributed by atoms with van der Waals surface area (Å²) in [5, 5.41) is 10.1. The highest BCUT2D eigenvalue weighted by Gasteiger charge is 2.21. The molecule has 0 saturated carbocycles. The Bertz CT molecular complexity index is 513. The van der Waals surface area contributed by atoms with Gasteiger partial charge in [0.25, 0.3) is 0 Å². The number of anilines is 1. The molecule has 0 saturated heterocycles. The van der Waals surface area contributed by atoms with E-state index in [1.807, 2.05) is 18.2 Å². The number of phenolic OH excluding ortho intramolecular Hbond substituents is 1. The van der Waals surface area contributed by atoms with Crippen molar-refractivity contribution in [1.82, 2.24) is 0 Å². The van der Waals surface area contributed by atoms with Gasteiger partial charge in [0.2, 0.25) is 0 Å². The van der Waals surface area contributed by atoms with E-state index in [9.17, 15) is 5.11 Å². The second-order valence-corrected chi connectivity index (χ2v) is 5.06. The van der Waals surface area contributed by atoms with Gasteiger partial charge in [-0.05, 0) is 38.0 Å². The molecule has 0 heterocycles. The quantitative estimate of drug-likeness (QED) is 0.852. The van der Waals surface area contributed by atoms with Crippen molar-refractivity contribution in [3.63, 3.8) is 0 Å². The van der Waals surface area contributed by atoms with Crippen LogP contribution in [-0.4, -0.2) is 11.7 Å². The minimum Gasteiger partial charge on any atom is -0.508 e. The number of hydrogen-bond acceptors (Lipinski definition) is 2. The Morgan fingerprint density at radius 3 is 2.25 bits per heavy atom. The minimum absolute atomic E-state index is 0.197. The zero-order valence-corrected chi connectivity index (χ0v) is 12.5. The van der Waals surface area contributed by atoms with Crippen molar-refractivity contribution in [2.75, 3.05) is 11.4 Å². The summed E-state index contributed by atoms with van der Waals surface area (Å²) in [4.78, 5) is 2.37. The first-order valence-electron chi connectivity index (χ1n) is 7.29. The number of nitrogens with zero attached hydrogens (tertiary/aromatic N) is 1. The van der Waals surface area contributed by atoms with E-state index in [0.29, 0.717) is 5.75 Å². The molecule has 0 bridgehead atoms. The Morgan fingerprint density at radius 2 is 1.65 bits per heavy atom. The topological polar surface area (TPSA) is 23.5 Å². The average molecular weight is 269 g/mol. The molecule has 0 aliphatic carbocycles. The van der Waals surface area contributed by atoms with Gasteiger partial charge in [0.15, 0.2) is 0 Å². The van der Waals surface area contributed by atoms with E-state index in [0.717, 1.165) is 18.5 Å². The SMILES string of the molecule is CCC(c1ccccc1O)N(CC)c1ccccc1C. The lowest BCUT2D eigenvalue weighted by molar-refractivity contribution is 0.456. The molecular weight excluding hydrogens is 246 g/mol. The number of para-hydroxylation sites is 2. The van der Waals surface area contributed by atoms with Crippen molar-refractivity contribution in [3.05, 3.63) is 59.7 Å². The summed E-state index contributed by atoms with van der Waals surface area (Å²) in [7, 11) is 0. The van der Waals surface area contributed by atoms with Gasteiger partial charge in [-0.3, -0.25) is 0 Å². The summed E-state index contributed by atoms with van der Waals surface area (Å²) in [6.45, 7) is 7.38. The zero-order chi connectivity index (χ0) is 14.5. The van der Waals surface area contributed by atoms with E-state index >= 15 is 0 Å². The van der Waals surface area contributed by atoms with Crippen molar-refractivity contribution >= 4 is 5.69 Å². The van der Waals surface area contributed by atoms with Crippen LogP contribution in [0.4, 0.5) is 5.69 Å². The fraction of sp³-hybridized carbons (Fsp3) is 0.333. The van der Waals surface area contributed by atoms with Crippen LogP contribution in [0.15, 0.2) is 48.5 Å². The number of aryl methyl sites for hydroxylation is 1. The van der Waals surface area contributed by atoms with Gasteiger partial charge in [0.05, 0.1) is 6.04 Å². The molecule has 0 aliphatic heterocycles. The van der Waals surface area contributed by atoms with E-state index in [1.54, 1.807) is 6.07 Å². The Morgan fingerprint density at radius 1 is 1.00 bits per heavy atom. The Labute approximate surface area is 121 Å². The third kappa shape index (κ3) is 2.79. The van der Waals surface area contributed by atoms with E-state index in [-0.39, 0.29) is 6.04 Å². The Hall–Kier alpha value is -1.96. The summed E-state index contributed by atoms with van der Waals surface area (Å²) < 4.78 is 0. The standard InChI is InChI=1S/C18H23NO/c1-4-16(15-11-7-9-13-18(15)20)19(5-2)17-12-8-6-10-14(17)3/h6-13,16,20H,4-5H2,1-3H3. The second-order valence-electron chi connectivity index (χ2n) is 5.06. The Kier molecular flexibility index (Phi) is 4.67. The van der Waals surface area contributed by atoms with Crippen molar-refractivity contribution in [1.29, 1.82) is 0 Å². The van der Waals surface area contributed by atoms with Crippen LogP contribution < -0.4 is 4.90 Å². The summed E-state index contributed by atoms with van der Waals surface area (Å²) in [6.07, 6.45) is 0.958. The maximum atomic E-state index is 10.1. The molecule has 2 aromatic carbocycles. The molecule has 0 aliphatic rings. The highest BCUT2D eigenvalue weighted by molar-refractivity contribution is 5.55. The summed E-state index contributed by atoms with van der Waals surface area (Å²) in [5.74, 6) is 0.381. The molecule has 20 heavy (non-hydrogen) atoms. The fourth-order valence-corrected chi connectivity index (χ4v) is 2.82. The summed E-state index contributed by atoms with van der Waals surface area (Å²) >= 11 is 0. The van der Waals surface area contributed by atoms with Crippen LogP contribution >= 0.6 is 0 Å². The van der Waals surface area contributed by atoms with Gasteiger partial charge < -0.3 is 10.0 Å². The number of rotatable bonds is 5. The van der Waals surface area contributed by atoms with Crippen molar-refractivity contribution in [2.24, 2.45) is 0 Å². The molecule has 2 heteroatoms. The normalized spacial score (nSPS) is 12.2. The highest BCUT2D eigenvalue weighted by atomic mass is 16.3. The third-order valence-electron chi connectivity index (χ3n) is 3.82. The van der Waals surface area contributed by atoms with E-state index in [2.05, 4.69) is 49.9 Å². The first kappa shape index (κ1) is 14.4. The predicted molar refractivity (Wildman–Crippen MR) is 85.3 cm³/mol. The molecule has 2 nitrogen and oxygen atoms in total. The van der Waals surface area contributed by atoms with Gasteiger partial charge in [-0.2, -0.15) is 0 Å². The maximum Gasteiger partial charge on any atom is 0.120 e. The molecule has 0 aromatic heterocycles. The molecule has 2 rings (SSSR count). The van der Waals surface area contributed by atoms with E-state index < -0.39 is 0 Å². The molecule has 2 aromatic rings. The van der Waals surface area contributed by atoms with Gasteiger partial charge >= 0.3 is 0 Å². The summed E-state index contributed by atoms with van der Waals surface area (Å²) in [6, 6.07) is 16.3. The summed E-state index contributed by atoms with van der Waals surface area (Å²) in [5.41, 5.74) is 3.51. The molecule has 0 spiro atoms. The molecule has 0 amide bonds. The van der Waals surface area contributed by atoms with Crippen LogP contribution in [0.1, 0.15) is 37.4 Å². The van der Waals surface area contributed by atoms with Crippen LogP contribution in [0, 0.1) is 6.92 Å². The van der Waals surface area contributed by atoms with Crippen LogP contribution in [-0.2, 0) is 0 Å². The van der Waals surface area contributed by atoms with E-state index in [1.165, 1.54) is 11.3 Å². The lowest BCUT2D eigenvalue weighted by atomic mass is 10.00. The fourth-order valence-electron chi connectivity index (χ4n) is 2.82. The lowest BCUT2D eigenvalue weighted by Gasteiger charge is -2.34. The van der Waals surface area contributed by atoms with Gasteiger partial charge in [-0.1, -0.05) is 43.3 Å². The Balaban J connectivity index is 2.44. The highest BCUT2D eigenvalue weighted by Crippen LogP contribution is 2.35. The van der Waals surface area contributed by atoms with E-state index in [4.69, 9.17) is 0 Å². The third-order valence-corrected chi connectivity index (χ3v) is 3.82. The minimum atomic E-state index is 0.197. The number of benzene rings is 2. The maximum absolute atomic E-state index is 10.1. The van der Waals surface area contributed by atoms with Gasteiger partial charge in [-0.15, -0.1) is 0 Å². The predicted octanol–water partition coefficient (Wildman–Crippen LogP) is 4.68. The monoisotopic (exact) mass is 269 g/mol. The van der Waals surface area contributed by atoms with Gasteiger partial charge in [0.1, 0.15) is 5.75 Å².